The second-order valence-electron chi connectivity index (χ2n) is 4.39. The van der Waals surface area contributed by atoms with Crippen LogP contribution in [0.25, 0.3) is 0 Å². The van der Waals surface area contributed by atoms with Gasteiger partial charge >= 0.3 is 0 Å². The molecule has 6 nitrogen and oxygen atoms in total. The third-order valence-electron chi connectivity index (χ3n) is 3.04. The van der Waals surface area contributed by atoms with Crippen molar-refractivity contribution in [2.45, 2.75) is 18.4 Å². The molecule has 3 rings (SSSR count). The summed E-state index contributed by atoms with van der Waals surface area (Å²) in [6, 6.07) is 3.81. The highest BCUT2D eigenvalue weighted by Crippen LogP contribution is 2.23. The number of nitrogens with zero attached hydrogens (tertiary/aromatic N) is 3. The normalized spacial score (nSPS) is 23.4. The van der Waals surface area contributed by atoms with Crippen molar-refractivity contribution in [2.24, 2.45) is 5.73 Å². The summed E-state index contributed by atoms with van der Waals surface area (Å²) in [7, 11) is 0. The molecular weight excluding hydrogens is 232 g/mol. The summed E-state index contributed by atoms with van der Waals surface area (Å²) in [6.45, 7) is 1.10. The van der Waals surface area contributed by atoms with E-state index in [1.165, 1.54) is 0 Å². The van der Waals surface area contributed by atoms with Gasteiger partial charge in [0.05, 0.1) is 19.1 Å². The molecule has 2 unspecified atom stereocenters. The van der Waals surface area contributed by atoms with E-state index in [1.807, 2.05) is 12.1 Å². The summed E-state index contributed by atoms with van der Waals surface area (Å²) >= 11 is 0. The van der Waals surface area contributed by atoms with Gasteiger partial charge in [0.2, 0.25) is 5.89 Å². The van der Waals surface area contributed by atoms with Crippen molar-refractivity contribution >= 4 is 0 Å². The first-order valence-corrected chi connectivity index (χ1v) is 5.87. The Morgan fingerprint density at radius 2 is 2.11 bits per heavy atom. The molecule has 0 radical (unpaired) electrons. The van der Waals surface area contributed by atoms with Crippen LogP contribution in [0.3, 0.4) is 0 Å². The van der Waals surface area contributed by atoms with E-state index in [2.05, 4.69) is 15.1 Å². The Morgan fingerprint density at radius 1 is 1.28 bits per heavy atom. The van der Waals surface area contributed by atoms with Gasteiger partial charge in [0.15, 0.2) is 5.82 Å². The van der Waals surface area contributed by atoms with Crippen LogP contribution < -0.4 is 5.73 Å². The highest BCUT2D eigenvalue weighted by molar-refractivity contribution is 5.15. The zero-order chi connectivity index (χ0) is 12.4. The Hall–Kier alpha value is -1.79. The zero-order valence-corrected chi connectivity index (χ0v) is 9.82. The molecule has 0 aromatic carbocycles. The third-order valence-corrected chi connectivity index (χ3v) is 3.04. The Kier molecular flexibility index (Phi) is 3.04. The number of nitrogens with two attached hydrogens (primary N) is 1. The maximum Gasteiger partial charge on any atom is 0.233 e. The SMILES string of the molecule is NC1COCC1c1nc(Cc2ccncc2)no1. The molecule has 18 heavy (non-hydrogen) atoms. The van der Waals surface area contributed by atoms with Gasteiger partial charge in [0, 0.05) is 24.9 Å². The lowest BCUT2D eigenvalue weighted by Gasteiger charge is -2.06. The molecule has 0 bridgehead atoms. The molecule has 2 atom stereocenters. The van der Waals surface area contributed by atoms with Gasteiger partial charge in [-0.25, -0.2) is 0 Å². The molecule has 2 aromatic heterocycles. The van der Waals surface area contributed by atoms with E-state index in [1.54, 1.807) is 12.4 Å². The van der Waals surface area contributed by atoms with Crippen molar-refractivity contribution in [3.05, 3.63) is 41.8 Å². The first-order valence-electron chi connectivity index (χ1n) is 5.87. The summed E-state index contributed by atoms with van der Waals surface area (Å²) in [5.41, 5.74) is 7.01. The van der Waals surface area contributed by atoms with Crippen molar-refractivity contribution in [1.29, 1.82) is 0 Å². The van der Waals surface area contributed by atoms with Gasteiger partial charge < -0.3 is 15.0 Å². The summed E-state index contributed by atoms with van der Waals surface area (Å²) in [6.07, 6.45) is 4.13. The second-order valence-corrected chi connectivity index (χ2v) is 4.39. The van der Waals surface area contributed by atoms with Gasteiger partial charge in [-0.2, -0.15) is 4.98 Å². The van der Waals surface area contributed by atoms with E-state index in [0.717, 1.165) is 5.56 Å². The van der Waals surface area contributed by atoms with Crippen LogP contribution in [0, 0.1) is 0 Å². The molecule has 1 fully saturated rings. The number of ether oxygens (including phenoxy) is 1. The molecule has 1 aliphatic heterocycles. The Bertz CT molecular complexity index is 514. The fourth-order valence-corrected chi connectivity index (χ4v) is 2.00. The fraction of sp³-hybridized carbons (Fsp3) is 0.417. The van der Waals surface area contributed by atoms with E-state index in [-0.39, 0.29) is 12.0 Å². The minimum atomic E-state index is -0.0563. The smallest absolute Gasteiger partial charge is 0.233 e. The van der Waals surface area contributed by atoms with Gasteiger partial charge in [0.1, 0.15) is 0 Å². The summed E-state index contributed by atoms with van der Waals surface area (Å²) in [5, 5.41) is 3.97. The second kappa shape index (κ2) is 4.83. The van der Waals surface area contributed by atoms with Crippen molar-refractivity contribution in [3.8, 4) is 0 Å². The van der Waals surface area contributed by atoms with Crippen LogP contribution in [0.2, 0.25) is 0 Å². The van der Waals surface area contributed by atoms with Gasteiger partial charge in [-0.15, -0.1) is 0 Å². The van der Waals surface area contributed by atoms with E-state index in [9.17, 15) is 0 Å². The van der Waals surface area contributed by atoms with Crippen molar-refractivity contribution < 1.29 is 9.26 Å². The molecule has 1 saturated heterocycles. The predicted molar refractivity (Wildman–Crippen MR) is 62.9 cm³/mol. The molecule has 0 saturated carbocycles. The van der Waals surface area contributed by atoms with Gasteiger partial charge in [-0.1, -0.05) is 5.16 Å². The molecule has 2 aromatic rings. The molecule has 0 amide bonds. The Morgan fingerprint density at radius 3 is 2.83 bits per heavy atom. The van der Waals surface area contributed by atoms with Gasteiger partial charge in [-0.05, 0) is 17.7 Å². The molecule has 3 heterocycles. The highest BCUT2D eigenvalue weighted by Gasteiger charge is 2.31. The molecule has 94 valence electrons. The molecule has 0 aliphatic carbocycles. The molecule has 1 aliphatic rings. The van der Waals surface area contributed by atoms with Crippen LogP contribution in [0.5, 0.6) is 0 Å². The lowest BCUT2D eigenvalue weighted by molar-refractivity contribution is 0.187. The number of rotatable bonds is 3. The lowest BCUT2D eigenvalue weighted by atomic mass is 10.1. The van der Waals surface area contributed by atoms with E-state index >= 15 is 0 Å². The maximum atomic E-state index is 5.91. The minimum Gasteiger partial charge on any atom is -0.379 e. The van der Waals surface area contributed by atoms with E-state index in [0.29, 0.717) is 31.3 Å². The first-order chi connectivity index (χ1) is 8.83. The fourth-order valence-electron chi connectivity index (χ4n) is 2.00. The molecular formula is C12H14N4O2. The van der Waals surface area contributed by atoms with Crippen molar-refractivity contribution in [2.75, 3.05) is 13.2 Å². The standard InChI is InChI=1S/C12H14N4O2/c13-10-7-17-6-9(10)12-15-11(16-18-12)5-8-1-3-14-4-2-8/h1-4,9-10H,5-7,13H2. The minimum absolute atomic E-state index is 0.0173. The highest BCUT2D eigenvalue weighted by atomic mass is 16.5. The molecule has 6 heteroatoms. The van der Waals surface area contributed by atoms with E-state index < -0.39 is 0 Å². The topological polar surface area (TPSA) is 87.1 Å². The Labute approximate surface area is 104 Å². The lowest BCUT2D eigenvalue weighted by Crippen LogP contribution is -2.27. The monoisotopic (exact) mass is 246 g/mol. The largest absolute Gasteiger partial charge is 0.379 e. The van der Waals surface area contributed by atoms with Crippen LogP contribution >= 0.6 is 0 Å². The third kappa shape index (κ3) is 2.25. The number of hydrogen-bond donors (Lipinski definition) is 1. The molecule has 2 N–H and O–H groups in total. The van der Waals surface area contributed by atoms with Crippen LogP contribution in [-0.4, -0.2) is 34.4 Å². The predicted octanol–water partition coefficient (Wildman–Crippen LogP) is 0.496. The van der Waals surface area contributed by atoms with Gasteiger partial charge in [0.25, 0.3) is 0 Å². The summed E-state index contributed by atoms with van der Waals surface area (Å²) in [4.78, 5) is 8.35. The summed E-state index contributed by atoms with van der Waals surface area (Å²) < 4.78 is 10.5. The molecule has 0 spiro atoms. The van der Waals surface area contributed by atoms with Crippen molar-refractivity contribution in [3.63, 3.8) is 0 Å². The number of pyridine rings is 1. The average Bonchev–Trinajstić information content (AvgIpc) is 2.99. The van der Waals surface area contributed by atoms with Crippen LogP contribution in [0.4, 0.5) is 0 Å². The van der Waals surface area contributed by atoms with Crippen LogP contribution in [-0.2, 0) is 11.2 Å². The first kappa shape index (κ1) is 11.3. The van der Waals surface area contributed by atoms with Crippen LogP contribution in [0.15, 0.2) is 29.0 Å². The van der Waals surface area contributed by atoms with Gasteiger partial charge in [-0.3, -0.25) is 4.98 Å². The summed E-state index contributed by atoms with van der Waals surface area (Å²) in [5.74, 6) is 1.25. The number of hydrogen-bond acceptors (Lipinski definition) is 6. The average molecular weight is 246 g/mol. The Balaban J connectivity index is 1.74. The van der Waals surface area contributed by atoms with E-state index in [4.69, 9.17) is 15.0 Å². The van der Waals surface area contributed by atoms with Crippen molar-refractivity contribution in [1.82, 2.24) is 15.1 Å². The zero-order valence-electron chi connectivity index (χ0n) is 9.82. The quantitative estimate of drug-likeness (QED) is 0.848. The number of aromatic nitrogens is 3. The maximum absolute atomic E-state index is 5.91. The van der Waals surface area contributed by atoms with Crippen LogP contribution in [0.1, 0.15) is 23.2 Å².